The summed E-state index contributed by atoms with van der Waals surface area (Å²) in [6.07, 6.45) is 2.09. The minimum absolute atomic E-state index is 0.199. The van der Waals surface area contributed by atoms with Gasteiger partial charge in [0.1, 0.15) is 0 Å². The van der Waals surface area contributed by atoms with E-state index in [9.17, 15) is 10.2 Å². The number of aliphatic hydroxyl groups is 3. The van der Waals surface area contributed by atoms with E-state index in [4.69, 9.17) is 5.11 Å². The van der Waals surface area contributed by atoms with E-state index < -0.39 is 12.2 Å². The third-order valence-electron chi connectivity index (χ3n) is 3.03. The van der Waals surface area contributed by atoms with Crippen molar-refractivity contribution in [2.45, 2.75) is 49.6 Å². The Hall–Kier alpha value is -0.381. The van der Waals surface area contributed by atoms with Crippen LogP contribution in [0.15, 0.2) is 30.3 Å². The summed E-state index contributed by atoms with van der Waals surface area (Å²) in [5.41, 5.74) is 0. The molecule has 0 saturated carbocycles. The molecule has 1 aromatic rings. The van der Waals surface area contributed by atoms with Gasteiger partial charge in [0, 0.05) is 0 Å². The second-order valence-corrected chi connectivity index (χ2v) is 7.50. The summed E-state index contributed by atoms with van der Waals surface area (Å²) in [4.78, 5) is 0.205. The Balaban J connectivity index is 2.60. The summed E-state index contributed by atoms with van der Waals surface area (Å²) in [6.45, 7) is 1.86. The van der Waals surface area contributed by atoms with Crippen LogP contribution in [0.3, 0.4) is 0 Å². The van der Waals surface area contributed by atoms with Gasteiger partial charge in [-0.05, 0) is 0 Å². The first-order valence-electron chi connectivity index (χ1n) is 6.86. The molecule has 0 aliphatic rings. The Morgan fingerprint density at radius 1 is 1.16 bits per heavy atom. The molecular weight excluding hydrogens is 307 g/mol. The fraction of sp³-hybridized carbons (Fsp3) is 0.600. The number of hydrogen-bond donors (Lipinski definition) is 3. The van der Waals surface area contributed by atoms with Gasteiger partial charge in [-0.25, -0.2) is 0 Å². The first-order chi connectivity index (χ1) is 9.17. The molecule has 108 valence electrons. The van der Waals surface area contributed by atoms with Crippen molar-refractivity contribution < 1.29 is 15.3 Å². The molecular formula is C15H24O3Se. The van der Waals surface area contributed by atoms with Crippen molar-refractivity contribution in [3.8, 4) is 0 Å². The average molecular weight is 331 g/mol. The first kappa shape index (κ1) is 16.7. The molecule has 0 saturated heterocycles. The van der Waals surface area contributed by atoms with Gasteiger partial charge < -0.3 is 0 Å². The Morgan fingerprint density at radius 2 is 1.84 bits per heavy atom. The number of hydrogen-bond acceptors (Lipinski definition) is 3. The van der Waals surface area contributed by atoms with E-state index in [-0.39, 0.29) is 32.8 Å². The first-order valence-corrected chi connectivity index (χ1v) is 8.70. The van der Waals surface area contributed by atoms with Gasteiger partial charge in [-0.2, -0.15) is 0 Å². The molecule has 19 heavy (non-hydrogen) atoms. The van der Waals surface area contributed by atoms with E-state index >= 15 is 0 Å². The van der Waals surface area contributed by atoms with Gasteiger partial charge in [0.25, 0.3) is 0 Å². The van der Waals surface area contributed by atoms with Crippen LogP contribution in [0.4, 0.5) is 0 Å². The van der Waals surface area contributed by atoms with E-state index in [2.05, 4.69) is 19.1 Å². The predicted molar refractivity (Wildman–Crippen MR) is 78.8 cm³/mol. The molecule has 1 aromatic carbocycles. The van der Waals surface area contributed by atoms with Crippen molar-refractivity contribution in [1.29, 1.82) is 0 Å². The molecule has 0 aliphatic heterocycles. The second kappa shape index (κ2) is 9.51. The SMILES string of the molecule is CCCC[C@@H]([Se]c1ccccc1)[C@H](O)C[C@H](O)CO. The van der Waals surface area contributed by atoms with E-state index in [0.717, 1.165) is 19.3 Å². The molecule has 0 spiro atoms. The number of benzene rings is 1. The molecule has 0 amide bonds. The number of unbranched alkanes of at least 4 members (excludes halogenated alkanes) is 1. The number of rotatable bonds is 9. The van der Waals surface area contributed by atoms with Crippen molar-refractivity contribution in [1.82, 2.24) is 0 Å². The molecule has 4 heteroatoms. The predicted octanol–water partition coefficient (Wildman–Crippen LogP) is 1.10. The van der Waals surface area contributed by atoms with Crippen molar-refractivity contribution in [3.05, 3.63) is 30.3 Å². The maximum absolute atomic E-state index is 10.2. The third-order valence-corrected chi connectivity index (χ3v) is 5.96. The van der Waals surface area contributed by atoms with Crippen LogP contribution < -0.4 is 4.46 Å². The molecule has 1 rings (SSSR count). The summed E-state index contributed by atoms with van der Waals surface area (Å²) in [5, 5.41) is 28.6. The van der Waals surface area contributed by atoms with Crippen molar-refractivity contribution in [2.75, 3.05) is 6.61 Å². The number of aliphatic hydroxyl groups excluding tert-OH is 3. The zero-order chi connectivity index (χ0) is 14.1. The van der Waals surface area contributed by atoms with Gasteiger partial charge >= 0.3 is 121 Å². The molecule has 0 radical (unpaired) electrons. The summed E-state index contributed by atoms with van der Waals surface area (Å²) in [5.74, 6) is 0. The molecule has 0 heterocycles. The molecule has 0 aromatic heterocycles. The Bertz CT molecular complexity index is 331. The van der Waals surface area contributed by atoms with Gasteiger partial charge in [-0.1, -0.05) is 0 Å². The Labute approximate surface area is 121 Å². The average Bonchev–Trinajstić information content (AvgIpc) is 2.44. The molecule has 0 fully saturated rings. The van der Waals surface area contributed by atoms with Crippen LogP contribution in [-0.4, -0.2) is 49.1 Å². The topological polar surface area (TPSA) is 60.7 Å². The molecule has 3 N–H and O–H groups in total. The van der Waals surface area contributed by atoms with E-state index in [0.29, 0.717) is 0 Å². The van der Waals surface area contributed by atoms with Crippen LogP contribution in [0.1, 0.15) is 32.6 Å². The zero-order valence-electron chi connectivity index (χ0n) is 11.4. The van der Waals surface area contributed by atoms with Gasteiger partial charge in [-0.15, -0.1) is 0 Å². The van der Waals surface area contributed by atoms with Gasteiger partial charge in [0.2, 0.25) is 0 Å². The van der Waals surface area contributed by atoms with Crippen LogP contribution in [0.25, 0.3) is 0 Å². The monoisotopic (exact) mass is 332 g/mol. The second-order valence-electron chi connectivity index (χ2n) is 4.75. The van der Waals surface area contributed by atoms with E-state index in [1.807, 2.05) is 18.2 Å². The van der Waals surface area contributed by atoms with E-state index in [1.165, 1.54) is 4.46 Å². The normalized spacial score (nSPS) is 16.0. The van der Waals surface area contributed by atoms with Crippen molar-refractivity contribution in [2.24, 2.45) is 0 Å². The van der Waals surface area contributed by atoms with Crippen molar-refractivity contribution >= 4 is 19.4 Å². The van der Waals surface area contributed by atoms with Crippen molar-refractivity contribution in [3.63, 3.8) is 0 Å². The standard InChI is InChI=1S/C15H24O3Se/c1-2-3-9-15(14(18)10-12(17)11-16)19-13-7-5-4-6-8-13/h4-8,12,14-18H,2-3,9-11H2,1H3/t12-,14+,15+/m0/s1. The van der Waals surface area contributed by atoms with Crippen LogP contribution >= 0.6 is 0 Å². The molecule has 3 nitrogen and oxygen atoms in total. The minimum atomic E-state index is -0.814. The van der Waals surface area contributed by atoms with Gasteiger partial charge in [0.05, 0.1) is 0 Å². The summed E-state index contributed by atoms with van der Waals surface area (Å²) < 4.78 is 1.27. The van der Waals surface area contributed by atoms with E-state index in [1.54, 1.807) is 0 Å². The molecule has 0 unspecified atom stereocenters. The molecule has 3 atom stereocenters. The van der Waals surface area contributed by atoms with Crippen LogP contribution in [0.5, 0.6) is 0 Å². The van der Waals surface area contributed by atoms with Gasteiger partial charge in [0.15, 0.2) is 0 Å². The molecule has 0 aliphatic carbocycles. The van der Waals surface area contributed by atoms with Crippen LogP contribution in [0, 0.1) is 0 Å². The van der Waals surface area contributed by atoms with Crippen LogP contribution in [-0.2, 0) is 0 Å². The summed E-state index contributed by atoms with van der Waals surface area (Å²) in [6, 6.07) is 10.2. The van der Waals surface area contributed by atoms with Gasteiger partial charge in [-0.3, -0.25) is 0 Å². The quantitative estimate of drug-likeness (QED) is 0.594. The Kier molecular flexibility index (Phi) is 8.35. The molecule has 0 bridgehead atoms. The maximum atomic E-state index is 10.2. The summed E-state index contributed by atoms with van der Waals surface area (Å²) >= 11 is 0.199. The fourth-order valence-corrected chi connectivity index (χ4v) is 4.47. The van der Waals surface area contributed by atoms with Crippen LogP contribution in [0.2, 0.25) is 4.82 Å². The fourth-order valence-electron chi connectivity index (χ4n) is 1.91. The summed E-state index contributed by atoms with van der Waals surface area (Å²) in [7, 11) is 0. The third kappa shape index (κ3) is 6.55. The Morgan fingerprint density at radius 3 is 2.42 bits per heavy atom. The zero-order valence-corrected chi connectivity index (χ0v) is 13.1.